The van der Waals surface area contributed by atoms with Crippen molar-refractivity contribution in [2.75, 3.05) is 18.1 Å². The van der Waals surface area contributed by atoms with Crippen molar-refractivity contribution < 1.29 is 22.5 Å². The fourth-order valence-electron chi connectivity index (χ4n) is 3.19. The number of allylic oxidation sites excluding steroid dienone is 2. The molecule has 0 fully saturated rings. The van der Waals surface area contributed by atoms with Crippen LogP contribution >= 0.6 is 11.8 Å². The van der Waals surface area contributed by atoms with Crippen molar-refractivity contribution >= 4 is 27.8 Å². The first kappa shape index (κ1) is 28.7. The van der Waals surface area contributed by atoms with Gasteiger partial charge in [-0.2, -0.15) is 20.2 Å². The van der Waals surface area contributed by atoms with Crippen LogP contribution in [0.25, 0.3) is 0 Å². The molecule has 1 unspecified atom stereocenters. The normalized spacial score (nSPS) is 12.9. The molecular weight excluding hydrogens is 444 g/mol. The zero-order valence-electron chi connectivity index (χ0n) is 19.6. The molecule has 5 nitrogen and oxygen atoms in total. The van der Waals surface area contributed by atoms with Crippen LogP contribution < -0.4 is 0 Å². The van der Waals surface area contributed by atoms with Gasteiger partial charge in [-0.25, -0.2) is 0 Å². The lowest BCUT2D eigenvalue weighted by atomic mass is 10.0. The number of hydrogen-bond donors (Lipinski definition) is 1. The van der Waals surface area contributed by atoms with Crippen LogP contribution in [0.3, 0.4) is 0 Å². The summed E-state index contributed by atoms with van der Waals surface area (Å²) >= 11 is 1.59. The van der Waals surface area contributed by atoms with E-state index in [9.17, 15) is 13.2 Å². The second-order valence-electron chi connectivity index (χ2n) is 8.23. The summed E-state index contributed by atoms with van der Waals surface area (Å²) < 4.78 is 30.4. The van der Waals surface area contributed by atoms with Gasteiger partial charge in [0.05, 0.1) is 17.9 Å². The molecule has 0 saturated carbocycles. The Labute approximate surface area is 199 Å². The van der Waals surface area contributed by atoms with Crippen molar-refractivity contribution in [1.82, 2.24) is 0 Å². The summed E-state index contributed by atoms with van der Waals surface area (Å²) in [7, 11) is -3.78. The van der Waals surface area contributed by atoms with Gasteiger partial charge in [0.2, 0.25) is 0 Å². The van der Waals surface area contributed by atoms with Crippen molar-refractivity contribution in [1.29, 1.82) is 0 Å². The van der Waals surface area contributed by atoms with Crippen LogP contribution in [0.15, 0.2) is 41.3 Å². The van der Waals surface area contributed by atoms with Gasteiger partial charge in [-0.3, -0.25) is 8.98 Å². The van der Waals surface area contributed by atoms with Gasteiger partial charge in [0, 0.05) is 5.75 Å². The summed E-state index contributed by atoms with van der Waals surface area (Å²) in [5, 5.41) is 8.76. The average molecular weight is 485 g/mol. The third kappa shape index (κ3) is 14.0. The molecule has 1 atom stereocenters. The van der Waals surface area contributed by atoms with E-state index in [1.165, 1.54) is 38.5 Å². The number of thioether (sulfide) groups is 1. The van der Waals surface area contributed by atoms with Gasteiger partial charge in [-0.05, 0) is 56.4 Å². The Bertz CT molecular complexity index is 757. The third-order valence-corrected chi connectivity index (χ3v) is 7.57. The highest BCUT2D eigenvalue weighted by Crippen LogP contribution is 2.20. The maximum atomic E-state index is 12.5. The molecular formula is C25H40O5S2. The van der Waals surface area contributed by atoms with E-state index in [1.807, 2.05) is 6.92 Å². The number of aliphatic carboxylic acids is 1. The van der Waals surface area contributed by atoms with Crippen LogP contribution in [0.4, 0.5) is 0 Å². The number of carboxylic acid groups (broad SMARTS) is 1. The zero-order chi connectivity index (χ0) is 23.7. The van der Waals surface area contributed by atoms with Crippen molar-refractivity contribution in [2.45, 2.75) is 83.0 Å². The maximum absolute atomic E-state index is 12.5. The highest BCUT2D eigenvalue weighted by molar-refractivity contribution is 7.99. The van der Waals surface area contributed by atoms with E-state index in [2.05, 4.69) is 19.1 Å². The lowest BCUT2D eigenvalue weighted by Crippen LogP contribution is -2.15. The summed E-state index contributed by atoms with van der Waals surface area (Å²) in [6.07, 6.45) is 14.7. The van der Waals surface area contributed by atoms with Crippen molar-refractivity contribution in [3.05, 3.63) is 42.0 Å². The lowest BCUT2D eigenvalue weighted by molar-refractivity contribution is -0.136. The number of carbonyl (C=O) groups is 1. The molecule has 0 saturated heterocycles. The Balaban J connectivity index is 2.49. The van der Waals surface area contributed by atoms with E-state index in [0.717, 1.165) is 30.6 Å². The largest absolute Gasteiger partial charge is 0.481 e. The summed E-state index contributed by atoms with van der Waals surface area (Å²) in [6, 6.07) is 6.67. The highest BCUT2D eigenvalue weighted by Gasteiger charge is 2.18. The van der Waals surface area contributed by atoms with Crippen molar-refractivity contribution in [3.63, 3.8) is 0 Å². The molecule has 182 valence electrons. The maximum Gasteiger partial charge on any atom is 0.304 e. The van der Waals surface area contributed by atoms with Gasteiger partial charge in [0.1, 0.15) is 0 Å². The molecule has 1 aromatic rings. The second-order valence-corrected chi connectivity index (χ2v) is 11.1. The lowest BCUT2D eigenvalue weighted by Gasteiger charge is -2.15. The summed E-state index contributed by atoms with van der Waals surface area (Å²) in [5.41, 5.74) is 0.996. The number of rotatable bonds is 19. The molecule has 1 rings (SSSR count). The number of unbranched alkanes of at least 4 members (excludes halogenated alkanes) is 6. The molecule has 7 heteroatoms. The van der Waals surface area contributed by atoms with Crippen LogP contribution in [0, 0.1) is 12.8 Å². The van der Waals surface area contributed by atoms with Crippen molar-refractivity contribution in [2.24, 2.45) is 5.92 Å². The fraction of sp³-hybridized carbons (Fsp3) is 0.640. The molecule has 0 spiro atoms. The van der Waals surface area contributed by atoms with Gasteiger partial charge < -0.3 is 5.11 Å². The molecule has 0 aliphatic carbocycles. The molecule has 0 aromatic heterocycles. The first-order valence-corrected chi connectivity index (χ1v) is 14.3. The van der Waals surface area contributed by atoms with E-state index in [-0.39, 0.29) is 23.8 Å². The molecule has 1 N–H and O–H groups in total. The van der Waals surface area contributed by atoms with Crippen LogP contribution in [-0.2, 0) is 19.1 Å². The smallest absolute Gasteiger partial charge is 0.304 e. The van der Waals surface area contributed by atoms with Gasteiger partial charge in [0.25, 0.3) is 10.1 Å². The van der Waals surface area contributed by atoms with Crippen LogP contribution in [0.1, 0.15) is 76.7 Å². The molecule has 32 heavy (non-hydrogen) atoms. The summed E-state index contributed by atoms with van der Waals surface area (Å²) in [4.78, 5) is 10.8. The SMILES string of the molecule is CCCCCCCC/C=C\CC(CCSCCC(=O)O)COS(=O)(=O)c1ccc(C)cc1. The van der Waals surface area contributed by atoms with E-state index in [4.69, 9.17) is 9.29 Å². The Kier molecular flexibility index (Phi) is 15.4. The molecule has 0 aliphatic rings. The molecule has 0 heterocycles. The number of hydrogen-bond acceptors (Lipinski definition) is 5. The first-order valence-electron chi connectivity index (χ1n) is 11.8. The third-order valence-electron chi connectivity index (χ3n) is 5.26. The standard InChI is InChI=1S/C25H40O5S2/c1-3-4-5-6-7-8-9-10-11-12-23(17-19-31-20-18-25(26)27)21-30-32(28,29)24-15-13-22(2)14-16-24/h10-11,13-16,23H,3-9,12,17-21H2,1-2H3,(H,26,27)/b11-10-. The van der Waals surface area contributed by atoms with Gasteiger partial charge >= 0.3 is 5.97 Å². The minimum Gasteiger partial charge on any atom is -0.481 e. The Hall–Kier alpha value is -1.31. The topological polar surface area (TPSA) is 80.7 Å². The minimum absolute atomic E-state index is 0.0772. The monoisotopic (exact) mass is 484 g/mol. The van der Waals surface area contributed by atoms with Crippen LogP contribution in [0.2, 0.25) is 0 Å². The van der Waals surface area contributed by atoms with E-state index in [1.54, 1.807) is 36.0 Å². The average Bonchev–Trinajstić information content (AvgIpc) is 2.75. The molecule has 1 aromatic carbocycles. The van der Waals surface area contributed by atoms with Crippen LogP contribution in [-0.4, -0.2) is 37.6 Å². The molecule has 0 radical (unpaired) electrons. The predicted molar refractivity (Wildman–Crippen MR) is 134 cm³/mol. The van der Waals surface area contributed by atoms with Gasteiger partial charge in [-0.1, -0.05) is 68.9 Å². The second kappa shape index (κ2) is 17.2. The Morgan fingerprint density at radius 3 is 2.44 bits per heavy atom. The molecule has 0 aliphatic heterocycles. The van der Waals surface area contributed by atoms with Gasteiger partial charge in [0.15, 0.2) is 0 Å². The zero-order valence-corrected chi connectivity index (χ0v) is 21.3. The number of aryl methyl sites for hydroxylation is 1. The Morgan fingerprint density at radius 2 is 1.75 bits per heavy atom. The minimum atomic E-state index is -3.78. The van der Waals surface area contributed by atoms with Crippen LogP contribution in [0.5, 0.6) is 0 Å². The highest BCUT2D eigenvalue weighted by atomic mass is 32.2. The Morgan fingerprint density at radius 1 is 1.06 bits per heavy atom. The summed E-state index contributed by atoms with van der Waals surface area (Å²) in [5.74, 6) is 0.642. The quantitative estimate of drug-likeness (QED) is 0.135. The predicted octanol–water partition coefficient (Wildman–Crippen LogP) is 6.61. The van der Waals surface area contributed by atoms with E-state index < -0.39 is 16.1 Å². The van der Waals surface area contributed by atoms with Gasteiger partial charge in [-0.15, -0.1) is 0 Å². The number of carboxylic acids is 1. The van der Waals surface area contributed by atoms with E-state index >= 15 is 0 Å². The van der Waals surface area contributed by atoms with Crippen molar-refractivity contribution in [3.8, 4) is 0 Å². The fourth-order valence-corrected chi connectivity index (χ4v) is 5.19. The van der Waals surface area contributed by atoms with E-state index in [0.29, 0.717) is 5.75 Å². The molecule has 0 bridgehead atoms. The summed E-state index contributed by atoms with van der Waals surface area (Å²) in [6.45, 7) is 4.27. The first-order chi connectivity index (χ1) is 15.3. The molecule has 0 amide bonds. The number of benzene rings is 1.